The van der Waals surface area contributed by atoms with Gasteiger partial charge in [-0.05, 0) is 75.1 Å². The van der Waals surface area contributed by atoms with Gasteiger partial charge in [-0.2, -0.15) is 18.3 Å². The van der Waals surface area contributed by atoms with Crippen molar-refractivity contribution in [1.29, 1.82) is 0 Å². The number of nitrogens with zero attached hydrogens (tertiary/aromatic N) is 2. The summed E-state index contributed by atoms with van der Waals surface area (Å²) < 4.78 is 40.8. The number of hydrogen-bond acceptors (Lipinski definition) is 2. The van der Waals surface area contributed by atoms with E-state index in [1.807, 2.05) is 24.6 Å². The van der Waals surface area contributed by atoms with Gasteiger partial charge in [0, 0.05) is 17.8 Å². The predicted octanol–water partition coefficient (Wildman–Crippen LogP) is 4.59. The molecule has 0 bridgehead atoms. The molecule has 146 valence electrons. The summed E-state index contributed by atoms with van der Waals surface area (Å²) in [5, 5.41) is 4.50. The van der Waals surface area contributed by atoms with Crippen molar-refractivity contribution in [2.24, 2.45) is 11.7 Å². The summed E-state index contributed by atoms with van der Waals surface area (Å²) in [6, 6.07) is 5.41. The number of hydrogen-bond donors (Lipinski definition) is 1. The second-order valence-electron chi connectivity index (χ2n) is 7.49. The van der Waals surface area contributed by atoms with Gasteiger partial charge in [0.2, 0.25) is 5.91 Å². The SMILES string of the molecule is Cc1cc(C)n(CC2CCC(c3ccc(C(F)(F)F)cc3C(N)=O)CC2)n1. The molecule has 1 aliphatic rings. The van der Waals surface area contributed by atoms with Gasteiger partial charge in [0.05, 0.1) is 11.3 Å². The van der Waals surface area contributed by atoms with Crippen molar-refractivity contribution >= 4 is 5.91 Å². The summed E-state index contributed by atoms with van der Waals surface area (Å²) in [6.07, 6.45) is -0.935. The number of alkyl halides is 3. The second-order valence-corrected chi connectivity index (χ2v) is 7.49. The molecule has 0 spiro atoms. The third kappa shape index (κ3) is 4.34. The first-order valence-electron chi connectivity index (χ1n) is 9.17. The highest BCUT2D eigenvalue weighted by molar-refractivity contribution is 5.94. The Labute approximate surface area is 156 Å². The molecular formula is C20H24F3N3O. The smallest absolute Gasteiger partial charge is 0.366 e. The third-order valence-electron chi connectivity index (χ3n) is 5.47. The van der Waals surface area contributed by atoms with Crippen LogP contribution in [0, 0.1) is 19.8 Å². The molecule has 4 nitrogen and oxygen atoms in total. The molecule has 1 fully saturated rings. The van der Waals surface area contributed by atoms with E-state index in [2.05, 4.69) is 5.10 Å². The summed E-state index contributed by atoms with van der Waals surface area (Å²) in [6.45, 7) is 4.85. The van der Waals surface area contributed by atoms with Crippen LogP contribution >= 0.6 is 0 Å². The van der Waals surface area contributed by atoms with Crippen LogP contribution in [-0.4, -0.2) is 15.7 Å². The summed E-state index contributed by atoms with van der Waals surface area (Å²) in [4.78, 5) is 11.7. The van der Waals surface area contributed by atoms with Gasteiger partial charge in [-0.1, -0.05) is 6.07 Å². The van der Waals surface area contributed by atoms with Crippen LogP contribution in [0.5, 0.6) is 0 Å². The van der Waals surface area contributed by atoms with Crippen LogP contribution in [0.3, 0.4) is 0 Å². The van der Waals surface area contributed by atoms with Crippen molar-refractivity contribution < 1.29 is 18.0 Å². The number of primary amides is 1. The van der Waals surface area contributed by atoms with Gasteiger partial charge >= 0.3 is 6.18 Å². The number of rotatable bonds is 4. The number of nitrogens with two attached hydrogens (primary N) is 1. The number of aryl methyl sites for hydroxylation is 2. The molecule has 0 saturated heterocycles. The monoisotopic (exact) mass is 379 g/mol. The number of benzene rings is 1. The topological polar surface area (TPSA) is 60.9 Å². The van der Waals surface area contributed by atoms with E-state index in [-0.39, 0.29) is 11.5 Å². The summed E-state index contributed by atoms with van der Waals surface area (Å²) in [5.41, 5.74) is 7.29. The number of carbonyl (C=O) groups is 1. The van der Waals surface area contributed by atoms with Gasteiger partial charge < -0.3 is 5.73 Å². The Bertz CT molecular complexity index is 833. The molecule has 2 aromatic rings. The van der Waals surface area contributed by atoms with Crippen molar-refractivity contribution in [2.45, 2.75) is 58.2 Å². The zero-order chi connectivity index (χ0) is 19.8. The van der Waals surface area contributed by atoms with Crippen LogP contribution in [-0.2, 0) is 12.7 Å². The normalized spacial score (nSPS) is 20.6. The fourth-order valence-corrected chi connectivity index (χ4v) is 4.06. The summed E-state index contributed by atoms with van der Waals surface area (Å²) in [5.74, 6) is -0.266. The van der Waals surface area contributed by atoms with E-state index < -0.39 is 17.6 Å². The molecule has 1 aromatic carbocycles. The molecule has 1 aromatic heterocycles. The average Bonchev–Trinajstić information content (AvgIpc) is 2.91. The van der Waals surface area contributed by atoms with E-state index in [9.17, 15) is 18.0 Å². The minimum atomic E-state index is -4.49. The minimum absolute atomic E-state index is 0.00757. The molecular weight excluding hydrogens is 355 g/mol. The molecule has 0 unspecified atom stereocenters. The Morgan fingerprint density at radius 3 is 2.37 bits per heavy atom. The number of halogens is 3. The molecule has 1 saturated carbocycles. The molecule has 1 heterocycles. The van der Waals surface area contributed by atoms with Crippen LogP contribution in [0.1, 0.15) is 64.5 Å². The maximum atomic E-state index is 12.9. The zero-order valence-corrected chi connectivity index (χ0v) is 15.5. The third-order valence-corrected chi connectivity index (χ3v) is 5.47. The van der Waals surface area contributed by atoms with E-state index in [1.165, 1.54) is 6.07 Å². The molecule has 3 rings (SSSR count). The fraction of sp³-hybridized carbons (Fsp3) is 0.500. The maximum absolute atomic E-state index is 12.9. The first-order chi connectivity index (χ1) is 12.6. The molecule has 2 N–H and O–H groups in total. The number of aromatic nitrogens is 2. The summed E-state index contributed by atoms with van der Waals surface area (Å²) >= 11 is 0. The van der Waals surface area contributed by atoms with Crippen molar-refractivity contribution in [3.8, 4) is 0 Å². The highest BCUT2D eigenvalue weighted by atomic mass is 19.4. The van der Waals surface area contributed by atoms with Gasteiger partial charge in [-0.15, -0.1) is 0 Å². The average molecular weight is 379 g/mol. The van der Waals surface area contributed by atoms with E-state index in [0.29, 0.717) is 11.5 Å². The molecule has 0 atom stereocenters. The Hall–Kier alpha value is -2.31. The van der Waals surface area contributed by atoms with Crippen LogP contribution in [0.2, 0.25) is 0 Å². The van der Waals surface area contributed by atoms with Crippen molar-refractivity contribution in [3.05, 3.63) is 52.3 Å². The maximum Gasteiger partial charge on any atom is 0.416 e. The number of carbonyl (C=O) groups excluding carboxylic acids is 1. The van der Waals surface area contributed by atoms with Gasteiger partial charge in [-0.3, -0.25) is 9.48 Å². The Kier molecular flexibility index (Phi) is 5.31. The first-order valence-corrected chi connectivity index (χ1v) is 9.17. The van der Waals surface area contributed by atoms with Gasteiger partial charge in [-0.25, -0.2) is 0 Å². The molecule has 1 aliphatic carbocycles. The molecule has 0 aliphatic heterocycles. The van der Waals surface area contributed by atoms with Crippen LogP contribution < -0.4 is 5.73 Å². The first kappa shape index (κ1) is 19.5. The zero-order valence-electron chi connectivity index (χ0n) is 15.5. The van der Waals surface area contributed by atoms with Crippen molar-refractivity contribution in [1.82, 2.24) is 9.78 Å². The highest BCUT2D eigenvalue weighted by Gasteiger charge is 2.33. The van der Waals surface area contributed by atoms with Gasteiger partial charge in [0.1, 0.15) is 0 Å². The van der Waals surface area contributed by atoms with Crippen LogP contribution in [0.15, 0.2) is 24.3 Å². The Morgan fingerprint density at radius 2 is 1.85 bits per heavy atom. The highest BCUT2D eigenvalue weighted by Crippen LogP contribution is 2.39. The summed E-state index contributed by atoms with van der Waals surface area (Å²) in [7, 11) is 0. The lowest BCUT2D eigenvalue weighted by Gasteiger charge is -2.30. The Balaban J connectivity index is 1.72. The van der Waals surface area contributed by atoms with E-state index in [4.69, 9.17) is 5.73 Å². The van der Waals surface area contributed by atoms with Crippen LogP contribution in [0.25, 0.3) is 0 Å². The molecule has 1 amide bonds. The quantitative estimate of drug-likeness (QED) is 0.844. The lowest BCUT2D eigenvalue weighted by Crippen LogP contribution is -2.22. The van der Waals surface area contributed by atoms with Crippen molar-refractivity contribution in [2.75, 3.05) is 0 Å². The lowest BCUT2D eigenvalue weighted by molar-refractivity contribution is -0.137. The lowest BCUT2D eigenvalue weighted by atomic mass is 9.77. The molecule has 0 radical (unpaired) electrons. The largest absolute Gasteiger partial charge is 0.416 e. The molecule has 7 heteroatoms. The van der Waals surface area contributed by atoms with Crippen LogP contribution in [0.4, 0.5) is 13.2 Å². The Morgan fingerprint density at radius 1 is 1.19 bits per heavy atom. The number of amides is 1. The fourth-order valence-electron chi connectivity index (χ4n) is 4.06. The second kappa shape index (κ2) is 7.37. The van der Waals surface area contributed by atoms with E-state index >= 15 is 0 Å². The standard InChI is InChI=1S/C20H24F3N3O/c1-12-9-13(2)26(25-12)11-14-3-5-15(6-4-14)17-8-7-16(20(21,22)23)10-18(17)19(24)27/h7-10,14-15H,3-6,11H2,1-2H3,(H2,24,27). The van der Waals surface area contributed by atoms with E-state index in [1.54, 1.807) is 0 Å². The molecule has 27 heavy (non-hydrogen) atoms. The minimum Gasteiger partial charge on any atom is -0.366 e. The predicted molar refractivity (Wildman–Crippen MR) is 96.4 cm³/mol. The van der Waals surface area contributed by atoms with Crippen molar-refractivity contribution in [3.63, 3.8) is 0 Å². The van der Waals surface area contributed by atoms with E-state index in [0.717, 1.165) is 55.7 Å². The van der Waals surface area contributed by atoms with Gasteiger partial charge in [0.25, 0.3) is 0 Å². The van der Waals surface area contributed by atoms with Gasteiger partial charge in [0.15, 0.2) is 0 Å².